The number of carbonyl (C=O) groups excluding carboxylic acids is 1. The molecule has 0 aliphatic heterocycles. The van der Waals surface area contributed by atoms with Gasteiger partial charge in [-0.3, -0.25) is 0 Å². The number of rotatable bonds is 20. The van der Waals surface area contributed by atoms with Gasteiger partial charge >= 0.3 is 17.1 Å². The second kappa shape index (κ2) is 21.5. The van der Waals surface area contributed by atoms with Crippen molar-refractivity contribution in [3.05, 3.63) is 76.2 Å². The molecule has 0 bridgehead atoms. The number of nitrogens with one attached hydrogen (secondary N) is 1. The molecular formula is C35H51F6N3O6S2. The number of aryl methyl sites for hydroxylation is 2. The first-order valence-electron chi connectivity index (χ1n) is 17.1. The molecule has 0 atom stereocenters. The molecule has 0 aliphatic carbocycles. The first-order chi connectivity index (χ1) is 24.0. The van der Waals surface area contributed by atoms with E-state index in [1.807, 2.05) is 39.0 Å². The van der Waals surface area contributed by atoms with Crippen LogP contribution in [0.1, 0.15) is 115 Å². The first-order valence-corrected chi connectivity index (χ1v) is 20.0. The van der Waals surface area contributed by atoms with Crippen molar-refractivity contribution in [1.82, 2.24) is 5.32 Å². The maximum absolute atomic E-state index is 12.3. The van der Waals surface area contributed by atoms with Gasteiger partial charge in [0.05, 0.1) is 12.1 Å². The molecule has 1 N–H and O–H groups in total. The normalized spacial score (nSPS) is 12.5. The summed E-state index contributed by atoms with van der Waals surface area (Å²) in [6.45, 7) is 13.8. The highest BCUT2D eigenvalue weighted by atomic mass is 32.3. The number of unbranched alkanes of at least 4 members (excludes halogenated alkanes) is 9. The molecular weight excluding hydrogens is 737 g/mol. The summed E-state index contributed by atoms with van der Waals surface area (Å²) < 4.78 is 117. The lowest BCUT2D eigenvalue weighted by atomic mass is 9.92. The average Bonchev–Trinajstić information content (AvgIpc) is 3.02. The lowest BCUT2D eigenvalue weighted by Crippen LogP contribution is -2.41. The number of alkyl halides is 6. The monoisotopic (exact) mass is 787 g/mol. The quantitative estimate of drug-likeness (QED) is 0.0810. The van der Waals surface area contributed by atoms with E-state index in [9.17, 15) is 48.0 Å². The number of sulfonamides is 2. The number of hydrogen-bond donors (Lipinski definition) is 1. The summed E-state index contributed by atoms with van der Waals surface area (Å²) in [4.78, 5) is 12.3. The largest absolute Gasteiger partial charge is 0.480 e. The number of carbonyl (C=O) groups is 1. The highest BCUT2D eigenvalue weighted by Gasteiger charge is 2.47. The zero-order chi connectivity index (χ0) is 39.6. The molecule has 0 fully saturated rings. The van der Waals surface area contributed by atoms with Crippen LogP contribution in [0.25, 0.3) is 9.70 Å². The molecule has 0 spiro atoms. The summed E-state index contributed by atoms with van der Waals surface area (Å²) in [7, 11) is -13.4. The number of ether oxygens (including phenoxy) is 1. The zero-order valence-electron chi connectivity index (χ0n) is 30.2. The van der Waals surface area contributed by atoms with Gasteiger partial charge < -0.3 is 14.2 Å². The molecule has 17 heteroatoms. The number of hydrogen-bond acceptors (Lipinski definition) is 6. The number of halogens is 6. The van der Waals surface area contributed by atoms with E-state index in [1.165, 1.54) is 69.8 Å². The second-order valence-electron chi connectivity index (χ2n) is 12.9. The molecule has 0 aliphatic rings. The highest BCUT2D eigenvalue weighted by Crippen LogP contribution is 2.36. The molecule has 1 heterocycles. The number of pyridine rings is 1. The first kappa shape index (κ1) is 46.8. The SMILES string of the molecule is C=C(C)c1cccc(C(C)(C)NC(=O)OCCCCCCCCCCCC[n+]2cccc(CCC)c2)c1.O=S(=O)([N-]S(=O)(=O)C(F)(F)F)C(F)(F)F. The number of alkyl carbamates (subject to hydrolysis) is 1. The molecule has 1 aromatic heterocycles. The summed E-state index contributed by atoms with van der Waals surface area (Å²) in [5.74, 6) is 0. The Morgan fingerprint density at radius 2 is 1.35 bits per heavy atom. The Kier molecular flexibility index (Phi) is 19.4. The van der Waals surface area contributed by atoms with Gasteiger partial charge in [-0.2, -0.15) is 26.3 Å². The number of amides is 1. The summed E-state index contributed by atoms with van der Waals surface area (Å²) in [6.07, 6.45) is 19.0. The van der Waals surface area contributed by atoms with E-state index in [0.717, 1.165) is 40.2 Å². The molecule has 0 radical (unpaired) electrons. The fraction of sp³-hybridized carbons (Fsp3) is 0.600. The molecule has 52 heavy (non-hydrogen) atoms. The Balaban J connectivity index is 0.000000757. The molecule has 1 amide bonds. The number of nitrogens with zero attached hydrogens (tertiary/aromatic N) is 2. The smallest absolute Gasteiger partial charge is 0.450 e. The van der Waals surface area contributed by atoms with Crippen LogP contribution in [0.15, 0.2) is 55.4 Å². The van der Waals surface area contributed by atoms with Crippen LogP contribution in [0.5, 0.6) is 0 Å². The Hall–Kier alpha value is -3.18. The molecule has 296 valence electrons. The maximum Gasteiger partial charge on any atom is 0.480 e. The maximum atomic E-state index is 12.3. The predicted molar refractivity (Wildman–Crippen MR) is 189 cm³/mol. The summed E-state index contributed by atoms with van der Waals surface area (Å²) in [5, 5.41) is 3.00. The van der Waals surface area contributed by atoms with Crippen molar-refractivity contribution in [2.75, 3.05) is 6.61 Å². The average molecular weight is 788 g/mol. The Labute approximate surface area is 304 Å². The summed E-state index contributed by atoms with van der Waals surface area (Å²) in [6, 6.07) is 12.6. The van der Waals surface area contributed by atoms with Crippen LogP contribution in [0, 0.1) is 0 Å². The van der Waals surface area contributed by atoms with Gasteiger partial charge in [-0.15, -0.1) is 0 Å². The molecule has 0 unspecified atom stereocenters. The minimum Gasteiger partial charge on any atom is -0.450 e. The van der Waals surface area contributed by atoms with E-state index < -0.39 is 36.6 Å². The fourth-order valence-corrected chi connectivity index (χ4v) is 6.59. The van der Waals surface area contributed by atoms with Gasteiger partial charge in [0.1, 0.15) is 6.54 Å². The Morgan fingerprint density at radius 3 is 1.85 bits per heavy atom. The third-order valence-electron chi connectivity index (χ3n) is 7.77. The molecule has 1 aromatic carbocycles. The minimum atomic E-state index is -6.72. The summed E-state index contributed by atoms with van der Waals surface area (Å²) >= 11 is 0. The summed E-state index contributed by atoms with van der Waals surface area (Å²) in [5.41, 5.74) is -8.31. The number of allylic oxidation sites excluding steroid dienone is 1. The van der Waals surface area contributed by atoms with E-state index in [4.69, 9.17) is 4.74 Å². The van der Waals surface area contributed by atoms with Crippen molar-refractivity contribution in [3.8, 4) is 0 Å². The van der Waals surface area contributed by atoms with Gasteiger partial charge in [0.2, 0.25) is 0 Å². The third kappa shape index (κ3) is 17.6. The molecule has 2 aromatic rings. The fourth-order valence-electron chi connectivity index (χ4n) is 4.88. The minimum absolute atomic E-state index is 0.349. The van der Waals surface area contributed by atoms with E-state index in [2.05, 4.69) is 54.0 Å². The Morgan fingerprint density at radius 1 is 0.827 bits per heavy atom. The lowest BCUT2D eigenvalue weighted by Gasteiger charge is -2.27. The van der Waals surface area contributed by atoms with Crippen LogP contribution >= 0.6 is 0 Å². The van der Waals surface area contributed by atoms with Crippen LogP contribution in [-0.2, 0) is 43.3 Å². The van der Waals surface area contributed by atoms with E-state index in [-0.39, 0.29) is 6.09 Å². The molecule has 0 saturated carbocycles. The number of benzene rings is 1. The van der Waals surface area contributed by atoms with Crippen molar-refractivity contribution < 1.29 is 57.3 Å². The predicted octanol–water partition coefficient (Wildman–Crippen LogP) is 9.58. The lowest BCUT2D eigenvalue weighted by molar-refractivity contribution is -0.697. The molecule has 2 rings (SSSR count). The topological polar surface area (TPSA) is 125 Å². The van der Waals surface area contributed by atoms with Crippen LogP contribution in [0.3, 0.4) is 0 Å². The van der Waals surface area contributed by atoms with Crippen molar-refractivity contribution in [2.24, 2.45) is 0 Å². The third-order valence-corrected chi connectivity index (χ3v) is 10.5. The van der Waals surface area contributed by atoms with Crippen molar-refractivity contribution in [1.29, 1.82) is 0 Å². The van der Waals surface area contributed by atoms with Gasteiger partial charge in [-0.1, -0.05) is 88.6 Å². The standard InChI is InChI=1S/C33H50N2O2.C2F6NO4S2/c1-6-19-29-20-18-24-35(27-29)23-15-13-11-9-7-8-10-12-14-16-25-37-32(36)34-33(4,5)31-22-17-21-30(26-31)28(2)3;3-1(4,5)14(10,11)9-15(12,13)2(6,7)8/h17-18,20-22,24,26-27H,2,6-16,19,23,25H2,1,3-5H3;/q;-1/p+1. The van der Waals surface area contributed by atoms with E-state index in [1.54, 1.807) is 0 Å². The number of aromatic nitrogens is 1. The van der Waals surface area contributed by atoms with E-state index >= 15 is 0 Å². The van der Waals surface area contributed by atoms with Gasteiger partial charge in [-0.25, -0.2) is 26.2 Å². The van der Waals surface area contributed by atoms with Gasteiger partial charge in [0.25, 0.3) is 0 Å². The molecule has 0 saturated heterocycles. The highest BCUT2D eigenvalue weighted by molar-refractivity contribution is 8.13. The van der Waals surface area contributed by atoms with Gasteiger partial charge in [-0.05, 0) is 63.3 Å². The Bertz CT molecular complexity index is 1590. The van der Waals surface area contributed by atoms with Crippen LogP contribution in [0.2, 0.25) is 0 Å². The van der Waals surface area contributed by atoms with Gasteiger partial charge in [0, 0.05) is 18.1 Å². The molecule has 9 nitrogen and oxygen atoms in total. The van der Waals surface area contributed by atoms with Gasteiger partial charge in [0.15, 0.2) is 32.4 Å². The van der Waals surface area contributed by atoms with Crippen LogP contribution in [0.4, 0.5) is 31.1 Å². The van der Waals surface area contributed by atoms with Crippen molar-refractivity contribution >= 4 is 31.7 Å². The zero-order valence-corrected chi connectivity index (χ0v) is 31.8. The second-order valence-corrected chi connectivity index (χ2v) is 16.3. The van der Waals surface area contributed by atoms with Crippen molar-refractivity contribution in [3.63, 3.8) is 0 Å². The van der Waals surface area contributed by atoms with Crippen LogP contribution in [-0.4, -0.2) is 40.6 Å². The van der Waals surface area contributed by atoms with Crippen LogP contribution < -0.4 is 9.88 Å². The van der Waals surface area contributed by atoms with Crippen molar-refractivity contribution in [2.45, 2.75) is 128 Å². The van der Waals surface area contributed by atoms with E-state index in [0.29, 0.717) is 6.61 Å².